The van der Waals surface area contributed by atoms with Crippen LogP contribution >= 0.6 is 12.6 Å². The Morgan fingerprint density at radius 2 is 1.84 bits per heavy atom. The SMILES string of the molecule is Cc1ccc(C(=O)N2CCN(C)CC2)cc1CCS.O=C1NC(c2cccc(O)c2)=NC12CCNCC2. The second-order valence-corrected chi connectivity index (χ2v) is 10.4. The van der Waals surface area contributed by atoms with Crippen LogP contribution in [0.5, 0.6) is 5.75 Å². The van der Waals surface area contributed by atoms with Gasteiger partial charge in [-0.25, -0.2) is 0 Å². The predicted molar refractivity (Wildman–Crippen MR) is 150 cm³/mol. The van der Waals surface area contributed by atoms with Crippen molar-refractivity contribution in [3.63, 3.8) is 0 Å². The number of piperazine rings is 1. The number of amidine groups is 1. The molecule has 9 heteroatoms. The summed E-state index contributed by atoms with van der Waals surface area (Å²) in [7, 11) is 2.10. The lowest BCUT2D eigenvalue weighted by atomic mass is 9.89. The van der Waals surface area contributed by atoms with Gasteiger partial charge in [-0.15, -0.1) is 0 Å². The number of phenols is 1. The van der Waals surface area contributed by atoms with E-state index in [-0.39, 0.29) is 17.6 Å². The fourth-order valence-electron chi connectivity index (χ4n) is 4.87. The third kappa shape index (κ3) is 6.52. The predicted octanol–water partition coefficient (Wildman–Crippen LogP) is 2.25. The summed E-state index contributed by atoms with van der Waals surface area (Å²) in [4.78, 5) is 33.4. The van der Waals surface area contributed by atoms with Gasteiger partial charge < -0.3 is 25.5 Å². The number of carbonyl (C=O) groups excluding carboxylic acids is 2. The molecule has 2 aromatic carbocycles. The summed E-state index contributed by atoms with van der Waals surface area (Å²) in [6.45, 7) is 7.27. The number of rotatable bonds is 4. The first-order valence-electron chi connectivity index (χ1n) is 12.9. The van der Waals surface area contributed by atoms with E-state index in [9.17, 15) is 14.7 Å². The molecule has 8 nitrogen and oxygen atoms in total. The van der Waals surface area contributed by atoms with E-state index in [1.807, 2.05) is 29.2 Å². The molecule has 2 aromatic rings. The highest BCUT2D eigenvalue weighted by atomic mass is 32.1. The van der Waals surface area contributed by atoms with Crippen LogP contribution in [-0.4, -0.2) is 90.2 Å². The van der Waals surface area contributed by atoms with Gasteiger partial charge in [0.1, 0.15) is 17.1 Å². The molecule has 3 aliphatic rings. The minimum Gasteiger partial charge on any atom is -0.508 e. The molecule has 5 rings (SSSR count). The number of thiol groups is 1. The van der Waals surface area contributed by atoms with Crippen molar-refractivity contribution >= 4 is 30.3 Å². The van der Waals surface area contributed by atoms with Gasteiger partial charge in [-0.05, 0) is 87.5 Å². The highest BCUT2D eigenvalue weighted by Crippen LogP contribution is 2.28. The Morgan fingerprint density at radius 1 is 1.11 bits per heavy atom. The van der Waals surface area contributed by atoms with Crippen LogP contribution in [0.2, 0.25) is 0 Å². The van der Waals surface area contributed by atoms with Gasteiger partial charge in [0, 0.05) is 37.3 Å². The van der Waals surface area contributed by atoms with Crippen molar-refractivity contribution in [1.29, 1.82) is 0 Å². The number of aliphatic imine (C=N–C) groups is 1. The van der Waals surface area contributed by atoms with Crippen LogP contribution in [0.25, 0.3) is 0 Å². The molecule has 198 valence electrons. The Balaban J connectivity index is 0.000000173. The maximum absolute atomic E-state index is 12.5. The molecule has 0 radical (unpaired) electrons. The van der Waals surface area contributed by atoms with E-state index in [0.717, 1.165) is 75.4 Å². The van der Waals surface area contributed by atoms with E-state index < -0.39 is 5.54 Å². The normalized spacial score (nSPS) is 19.2. The van der Waals surface area contributed by atoms with E-state index in [0.29, 0.717) is 5.84 Å². The summed E-state index contributed by atoms with van der Waals surface area (Å²) in [5.41, 5.74) is 3.43. The van der Waals surface area contributed by atoms with Crippen molar-refractivity contribution in [3.05, 3.63) is 64.7 Å². The van der Waals surface area contributed by atoms with Crippen LogP contribution in [0, 0.1) is 6.92 Å². The molecule has 1 spiro atoms. The molecule has 0 unspecified atom stereocenters. The summed E-state index contributed by atoms with van der Waals surface area (Å²) in [5.74, 6) is 1.69. The van der Waals surface area contributed by atoms with Gasteiger partial charge in [0.25, 0.3) is 11.8 Å². The molecule has 0 saturated carbocycles. The summed E-state index contributed by atoms with van der Waals surface area (Å²) >= 11 is 4.28. The summed E-state index contributed by atoms with van der Waals surface area (Å²) in [6.07, 6.45) is 2.36. The Hall–Kier alpha value is -2.88. The number of carbonyl (C=O) groups is 2. The van der Waals surface area contributed by atoms with E-state index >= 15 is 0 Å². The van der Waals surface area contributed by atoms with Gasteiger partial charge in [-0.1, -0.05) is 18.2 Å². The molecular formula is C28H37N5O3S. The summed E-state index contributed by atoms with van der Waals surface area (Å²) < 4.78 is 0. The zero-order valence-corrected chi connectivity index (χ0v) is 22.6. The number of nitrogens with one attached hydrogen (secondary N) is 2. The Morgan fingerprint density at radius 3 is 2.51 bits per heavy atom. The highest BCUT2D eigenvalue weighted by molar-refractivity contribution is 7.80. The lowest BCUT2D eigenvalue weighted by Crippen LogP contribution is -2.47. The van der Waals surface area contributed by atoms with Gasteiger partial charge in [0.15, 0.2) is 0 Å². The monoisotopic (exact) mass is 523 g/mol. The molecule has 3 heterocycles. The number of nitrogens with zero attached hydrogens (tertiary/aromatic N) is 3. The molecule has 2 fully saturated rings. The maximum Gasteiger partial charge on any atom is 0.253 e. The molecule has 0 aliphatic carbocycles. The van der Waals surface area contributed by atoms with Crippen molar-refractivity contribution in [2.75, 3.05) is 52.1 Å². The smallest absolute Gasteiger partial charge is 0.253 e. The fraction of sp³-hybridized carbons (Fsp3) is 0.464. The van der Waals surface area contributed by atoms with Crippen LogP contribution < -0.4 is 10.6 Å². The highest BCUT2D eigenvalue weighted by Gasteiger charge is 2.44. The zero-order valence-electron chi connectivity index (χ0n) is 21.7. The average Bonchev–Trinajstić information content (AvgIpc) is 3.21. The number of benzene rings is 2. The molecule has 0 atom stereocenters. The third-order valence-corrected chi connectivity index (χ3v) is 7.52. The molecule has 3 N–H and O–H groups in total. The molecule has 2 amide bonds. The van der Waals surface area contributed by atoms with Gasteiger partial charge in [-0.3, -0.25) is 14.6 Å². The number of hydrogen-bond acceptors (Lipinski definition) is 7. The summed E-state index contributed by atoms with van der Waals surface area (Å²) in [5, 5.41) is 15.5. The lowest BCUT2D eigenvalue weighted by Gasteiger charge is -2.32. The van der Waals surface area contributed by atoms with Crippen molar-refractivity contribution in [1.82, 2.24) is 20.4 Å². The number of likely N-dealkylation sites (N-methyl/N-ethyl adjacent to an activating group) is 1. The van der Waals surface area contributed by atoms with Crippen LogP contribution in [0.3, 0.4) is 0 Å². The van der Waals surface area contributed by atoms with Crippen molar-refractivity contribution in [2.45, 2.75) is 31.7 Å². The Kier molecular flexibility index (Phi) is 8.89. The number of piperidine rings is 1. The lowest BCUT2D eigenvalue weighted by molar-refractivity contribution is -0.124. The van der Waals surface area contributed by atoms with Gasteiger partial charge >= 0.3 is 0 Å². The molecule has 0 aromatic heterocycles. The van der Waals surface area contributed by atoms with Crippen LogP contribution in [0.4, 0.5) is 0 Å². The van der Waals surface area contributed by atoms with Gasteiger partial charge in [0.2, 0.25) is 0 Å². The minimum atomic E-state index is -0.605. The van der Waals surface area contributed by atoms with Crippen LogP contribution in [0.15, 0.2) is 47.5 Å². The van der Waals surface area contributed by atoms with Crippen molar-refractivity contribution in [2.24, 2.45) is 4.99 Å². The van der Waals surface area contributed by atoms with Crippen LogP contribution in [-0.2, 0) is 11.2 Å². The number of aromatic hydroxyl groups is 1. The zero-order chi connectivity index (χ0) is 26.4. The number of amides is 2. The second-order valence-electron chi connectivity index (χ2n) is 9.96. The number of phenolic OH excluding ortho intramolecular Hbond substituents is 1. The number of aryl methyl sites for hydroxylation is 2. The summed E-state index contributed by atoms with van der Waals surface area (Å²) in [6, 6.07) is 12.8. The first-order chi connectivity index (χ1) is 17.8. The quantitative estimate of drug-likeness (QED) is 0.461. The second kappa shape index (κ2) is 12.1. The fourth-order valence-corrected chi connectivity index (χ4v) is 5.11. The standard InChI is InChI=1S/C15H22N2OS.C13H15N3O2/c1-12-3-4-14(11-13(12)5-10-19)15(18)17-8-6-16(2)7-9-17;17-10-3-1-2-9(8-10)11-15-12(18)13(16-11)4-6-14-7-5-13/h3-4,11,19H,5-10H2,1-2H3;1-3,8,14,17H,4-7H2,(H,15,16,18). The Labute approximate surface area is 224 Å². The molecule has 0 bridgehead atoms. The first kappa shape index (κ1) is 27.2. The van der Waals surface area contributed by atoms with Gasteiger partial charge in [0.05, 0.1) is 0 Å². The molecular weight excluding hydrogens is 486 g/mol. The Bertz CT molecular complexity index is 1150. The third-order valence-electron chi connectivity index (χ3n) is 7.30. The molecule has 37 heavy (non-hydrogen) atoms. The van der Waals surface area contributed by atoms with E-state index in [1.165, 1.54) is 11.1 Å². The van der Waals surface area contributed by atoms with Gasteiger partial charge in [-0.2, -0.15) is 12.6 Å². The van der Waals surface area contributed by atoms with E-state index in [4.69, 9.17) is 0 Å². The molecule has 2 saturated heterocycles. The largest absolute Gasteiger partial charge is 0.508 e. The minimum absolute atomic E-state index is 0.0256. The van der Waals surface area contributed by atoms with E-state index in [1.54, 1.807) is 18.2 Å². The van der Waals surface area contributed by atoms with Crippen molar-refractivity contribution < 1.29 is 14.7 Å². The van der Waals surface area contributed by atoms with Crippen molar-refractivity contribution in [3.8, 4) is 5.75 Å². The van der Waals surface area contributed by atoms with E-state index in [2.05, 4.69) is 47.1 Å². The average molecular weight is 524 g/mol. The first-order valence-corrected chi connectivity index (χ1v) is 13.5. The maximum atomic E-state index is 12.5. The topological polar surface area (TPSA) is 97.3 Å². The van der Waals surface area contributed by atoms with Crippen LogP contribution in [0.1, 0.15) is 39.9 Å². The number of hydrogen-bond donors (Lipinski definition) is 4. The molecule has 3 aliphatic heterocycles.